The SMILES string of the molecule is C[C@@H](CNC(=O)C(F)(F)F)Oc1cccc(C#CC2(O)CCCCC2)c1. The first-order valence-electron chi connectivity index (χ1n) is 8.55. The molecule has 142 valence electrons. The second kappa shape index (κ2) is 8.45. The molecule has 4 nitrogen and oxygen atoms in total. The molecule has 0 bridgehead atoms. The van der Waals surface area contributed by atoms with Gasteiger partial charge in [0, 0.05) is 5.56 Å². The van der Waals surface area contributed by atoms with Gasteiger partial charge in [-0.25, -0.2) is 0 Å². The smallest absolute Gasteiger partial charge is 0.471 e. The zero-order valence-corrected chi connectivity index (χ0v) is 14.5. The molecule has 1 aliphatic rings. The molecule has 7 heteroatoms. The second-order valence-electron chi connectivity index (χ2n) is 6.51. The number of nitrogens with one attached hydrogen (secondary N) is 1. The molecule has 2 rings (SSSR count). The van der Waals surface area contributed by atoms with Gasteiger partial charge in [0.05, 0.1) is 6.54 Å². The third-order valence-electron chi connectivity index (χ3n) is 4.10. The van der Waals surface area contributed by atoms with Crippen molar-refractivity contribution < 1.29 is 27.8 Å². The van der Waals surface area contributed by atoms with Gasteiger partial charge in [0.15, 0.2) is 0 Å². The summed E-state index contributed by atoms with van der Waals surface area (Å²) in [6, 6.07) is 6.79. The number of hydrogen-bond donors (Lipinski definition) is 2. The van der Waals surface area contributed by atoms with Crippen LogP contribution in [0, 0.1) is 11.8 Å². The molecule has 0 aliphatic heterocycles. The lowest BCUT2D eigenvalue weighted by molar-refractivity contribution is -0.173. The van der Waals surface area contributed by atoms with Crippen LogP contribution in [-0.4, -0.2) is 35.4 Å². The third kappa shape index (κ3) is 6.26. The van der Waals surface area contributed by atoms with Crippen LogP contribution in [0.3, 0.4) is 0 Å². The molecule has 1 amide bonds. The summed E-state index contributed by atoms with van der Waals surface area (Å²) in [5, 5.41) is 12.2. The molecule has 26 heavy (non-hydrogen) atoms. The van der Waals surface area contributed by atoms with E-state index in [0.29, 0.717) is 24.2 Å². The van der Waals surface area contributed by atoms with E-state index in [0.717, 1.165) is 19.3 Å². The van der Waals surface area contributed by atoms with Crippen LogP contribution in [0.2, 0.25) is 0 Å². The monoisotopic (exact) mass is 369 g/mol. The Morgan fingerprint density at radius 1 is 1.35 bits per heavy atom. The molecular formula is C19H22F3NO3. The van der Waals surface area contributed by atoms with Gasteiger partial charge in [0.2, 0.25) is 0 Å². The number of carbonyl (C=O) groups excluding carboxylic acids is 1. The first-order chi connectivity index (χ1) is 12.2. The molecule has 1 saturated carbocycles. The number of rotatable bonds is 4. The van der Waals surface area contributed by atoms with Crippen LogP contribution in [0.15, 0.2) is 24.3 Å². The summed E-state index contributed by atoms with van der Waals surface area (Å²) < 4.78 is 42.0. The van der Waals surface area contributed by atoms with Gasteiger partial charge in [0.25, 0.3) is 0 Å². The van der Waals surface area contributed by atoms with E-state index in [2.05, 4.69) is 11.8 Å². The number of hydrogen-bond acceptors (Lipinski definition) is 3. The molecular weight excluding hydrogens is 347 g/mol. The molecule has 0 heterocycles. The van der Waals surface area contributed by atoms with E-state index >= 15 is 0 Å². The maximum absolute atomic E-state index is 12.2. The Balaban J connectivity index is 1.93. The summed E-state index contributed by atoms with van der Waals surface area (Å²) in [5.41, 5.74) is -0.308. The molecule has 0 spiro atoms. The van der Waals surface area contributed by atoms with Crippen LogP contribution in [0.25, 0.3) is 0 Å². The fraction of sp³-hybridized carbons (Fsp3) is 0.526. The van der Waals surface area contributed by atoms with Gasteiger partial charge in [-0.15, -0.1) is 0 Å². The Kier molecular flexibility index (Phi) is 6.54. The van der Waals surface area contributed by atoms with Gasteiger partial charge >= 0.3 is 12.1 Å². The molecule has 0 radical (unpaired) electrons. The lowest BCUT2D eigenvalue weighted by Gasteiger charge is -2.26. The highest BCUT2D eigenvalue weighted by Gasteiger charge is 2.38. The van der Waals surface area contributed by atoms with Gasteiger partial charge in [-0.2, -0.15) is 13.2 Å². The minimum absolute atomic E-state index is 0.270. The largest absolute Gasteiger partial charge is 0.489 e. The maximum Gasteiger partial charge on any atom is 0.471 e. The van der Waals surface area contributed by atoms with Gasteiger partial charge in [-0.3, -0.25) is 4.79 Å². The molecule has 1 aromatic carbocycles. The molecule has 1 atom stereocenters. The van der Waals surface area contributed by atoms with E-state index in [1.54, 1.807) is 36.5 Å². The maximum atomic E-state index is 12.2. The van der Waals surface area contributed by atoms with Crippen LogP contribution in [0.4, 0.5) is 13.2 Å². The first kappa shape index (κ1) is 20.1. The van der Waals surface area contributed by atoms with Crippen molar-refractivity contribution in [1.29, 1.82) is 0 Å². The minimum Gasteiger partial charge on any atom is -0.489 e. The highest BCUT2D eigenvalue weighted by Crippen LogP contribution is 2.27. The third-order valence-corrected chi connectivity index (χ3v) is 4.10. The lowest BCUT2D eigenvalue weighted by atomic mass is 9.85. The summed E-state index contributed by atoms with van der Waals surface area (Å²) >= 11 is 0. The van der Waals surface area contributed by atoms with E-state index in [9.17, 15) is 23.1 Å². The molecule has 1 aliphatic carbocycles. The number of amides is 1. The van der Waals surface area contributed by atoms with E-state index < -0.39 is 23.8 Å². The second-order valence-corrected chi connectivity index (χ2v) is 6.51. The van der Waals surface area contributed by atoms with Crippen LogP contribution in [0.1, 0.15) is 44.6 Å². The molecule has 2 N–H and O–H groups in total. The van der Waals surface area contributed by atoms with Crippen LogP contribution >= 0.6 is 0 Å². The lowest BCUT2D eigenvalue weighted by Crippen LogP contribution is -2.41. The molecule has 1 aromatic rings. The van der Waals surface area contributed by atoms with Crippen molar-refractivity contribution in [2.24, 2.45) is 0 Å². The fourth-order valence-corrected chi connectivity index (χ4v) is 2.71. The number of aliphatic hydroxyl groups is 1. The number of ether oxygens (including phenoxy) is 1. The van der Waals surface area contributed by atoms with Crippen molar-refractivity contribution in [2.75, 3.05) is 6.54 Å². The minimum atomic E-state index is -4.91. The van der Waals surface area contributed by atoms with Gasteiger partial charge < -0.3 is 15.2 Å². The van der Waals surface area contributed by atoms with Gasteiger partial charge in [-0.05, 0) is 50.8 Å². The summed E-state index contributed by atoms with van der Waals surface area (Å²) in [4.78, 5) is 10.8. The van der Waals surface area contributed by atoms with Crippen molar-refractivity contribution in [3.63, 3.8) is 0 Å². The van der Waals surface area contributed by atoms with Crippen LogP contribution in [0.5, 0.6) is 5.75 Å². The van der Waals surface area contributed by atoms with E-state index in [4.69, 9.17) is 4.74 Å². The van der Waals surface area contributed by atoms with Crippen LogP contribution in [-0.2, 0) is 4.79 Å². The summed E-state index contributed by atoms with van der Waals surface area (Å²) in [7, 11) is 0. The van der Waals surface area contributed by atoms with Crippen molar-refractivity contribution in [1.82, 2.24) is 5.32 Å². The summed E-state index contributed by atoms with van der Waals surface area (Å²) in [6.45, 7) is 1.29. The molecule has 1 fully saturated rings. The Labute approximate surface area is 150 Å². The average molecular weight is 369 g/mol. The normalized spacial score (nSPS) is 17.6. The van der Waals surface area contributed by atoms with Crippen molar-refractivity contribution in [3.8, 4) is 17.6 Å². The Bertz CT molecular complexity index is 685. The Hall–Kier alpha value is -2.20. The molecule has 0 saturated heterocycles. The fourth-order valence-electron chi connectivity index (χ4n) is 2.71. The zero-order chi connectivity index (χ0) is 19.2. The standard InChI is InChI=1S/C19H22F3NO3/c1-14(13-23-17(24)19(20,21)22)26-16-7-5-6-15(12-16)8-11-18(25)9-3-2-4-10-18/h5-7,12,14,25H,2-4,9-10,13H2,1H3,(H,23,24)/t14-/m0/s1. The van der Waals surface area contributed by atoms with Crippen molar-refractivity contribution in [3.05, 3.63) is 29.8 Å². The predicted molar refractivity (Wildman–Crippen MR) is 90.5 cm³/mol. The van der Waals surface area contributed by atoms with Crippen molar-refractivity contribution >= 4 is 5.91 Å². The van der Waals surface area contributed by atoms with E-state index in [1.807, 2.05) is 0 Å². The van der Waals surface area contributed by atoms with Gasteiger partial charge in [0.1, 0.15) is 17.5 Å². The highest BCUT2D eigenvalue weighted by molar-refractivity contribution is 5.81. The number of benzene rings is 1. The van der Waals surface area contributed by atoms with Crippen molar-refractivity contribution in [2.45, 2.75) is 56.9 Å². The van der Waals surface area contributed by atoms with E-state index in [1.165, 1.54) is 0 Å². The first-order valence-corrected chi connectivity index (χ1v) is 8.55. The summed E-state index contributed by atoms with van der Waals surface area (Å²) in [6.07, 6.45) is -1.22. The molecule has 0 unspecified atom stereocenters. The van der Waals surface area contributed by atoms with Crippen LogP contribution < -0.4 is 10.1 Å². The number of carbonyl (C=O) groups is 1. The van der Waals surface area contributed by atoms with E-state index in [-0.39, 0.29) is 6.54 Å². The number of alkyl halides is 3. The average Bonchev–Trinajstić information content (AvgIpc) is 2.58. The highest BCUT2D eigenvalue weighted by atomic mass is 19.4. The topological polar surface area (TPSA) is 58.6 Å². The van der Waals surface area contributed by atoms with Gasteiger partial charge in [-0.1, -0.05) is 24.3 Å². The Morgan fingerprint density at radius 3 is 2.69 bits per heavy atom. The summed E-state index contributed by atoms with van der Waals surface area (Å²) in [5.74, 6) is 4.30. The zero-order valence-electron chi connectivity index (χ0n) is 14.5. The predicted octanol–water partition coefficient (Wildman–Crippen LogP) is 3.18. The Morgan fingerprint density at radius 2 is 2.04 bits per heavy atom. The number of halogens is 3. The molecule has 0 aromatic heterocycles. The quantitative estimate of drug-likeness (QED) is 0.802.